The van der Waals surface area contributed by atoms with Crippen molar-refractivity contribution in [1.82, 2.24) is 19.6 Å². The molecule has 1 aromatic carbocycles. The Balaban J connectivity index is 1.64. The summed E-state index contributed by atoms with van der Waals surface area (Å²) in [7, 11) is -3.76. The number of aromatic amines is 1. The van der Waals surface area contributed by atoms with E-state index in [1.165, 1.54) is 28.7 Å². The van der Waals surface area contributed by atoms with E-state index < -0.39 is 21.4 Å². The van der Waals surface area contributed by atoms with Gasteiger partial charge in [0.05, 0.1) is 30.3 Å². The molecule has 2 N–H and O–H groups in total. The van der Waals surface area contributed by atoms with Crippen LogP contribution < -0.4 is 10.7 Å². The Morgan fingerprint density at radius 3 is 2.73 bits per heavy atom. The average Bonchev–Trinajstić information content (AvgIpc) is 2.79. The molecule has 156 valence electrons. The van der Waals surface area contributed by atoms with Crippen LogP contribution in [0.3, 0.4) is 0 Å². The number of amides is 1. The number of fused-ring (bicyclic) bond motifs is 1. The third-order valence-corrected chi connectivity index (χ3v) is 6.76. The summed E-state index contributed by atoms with van der Waals surface area (Å²) < 4.78 is 32.3. The lowest BCUT2D eigenvalue weighted by Crippen LogP contribution is -2.40. The van der Waals surface area contributed by atoms with Gasteiger partial charge in [0, 0.05) is 36.4 Å². The molecule has 10 heteroatoms. The highest BCUT2D eigenvalue weighted by Gasteiger charge is 2.27. The van der Waals surface area contributed by atoms with Crippen LogP contribution in [-0.4, -0.2) is 54.9 Å². The number of carbonyl (C=O) groups is 1. The molecule has 0 saturated carbocycles. The largest absolute Gasteiger partial charge is 0.379 e. The molecule has 1 saturated heterocycles. The second-order valence-electron chi connectivity index (χ2n) is 6.76. The van der Waals surface area contributed by atoms with Gasteiger partial charge < -0.3 is 15.0 Å². The molecule has 1 fully saturated rings. The van der Waals surface area contributed by atoms with Gasteiger partial charge in [-0.1, -0.05) is 6.07 Å². The molecular formula is C20H20N4O5S. The van der Waals surface area contributed by atoms with E-state index in [0.29, 0.717) is 24.4 Å². The zero-order valence-corrected chi connectivity index (χ0v) is 16.8. The van der Waals surface area contributed by atoms with Crippen LogP contribution in [0.2, 0.25) is 0 Å². The van der Waals surface area contributed by atoms with Gasteiger partial charge in [-0.05, 0) is 30.3 Å². The summed E-state index contributed by atoms with van der Waals surface area (Å²) in [6, 6.07) is 9.61. The van der Waals surface area contributed by atoms with Gasteiger partial charge in [-0.2, -0.15) is 4.31 Å². The fraction of sp³-hybridized carbons (Fsp3) is 0.250. The quantitative estimate of drug-likeness (QED) is 0.622. The molecule has 1 aliphatic heterocycles. The van der Waals surface area contributed by atoms with E-state index in [9.17, 15) is 18.0 Å². The van der Waals surface area contributed by atoms with Crippen molar-refractivity contribution in [2.24, 2.45) is 0 Å². The number of morpholine rings is 1. The van der Waals surface area contributed by atoms with E-state index in [4.69, 9.17) is 4.74 Å². The van der Waals surface area contributed by atoms with Crippen LogP contribution in [0.5, 0.6) is 0 Å². The summed E-state index contributed by atoms with van der Waals surface area (Å²) in [5.74, 6) is -0.565. The topological polar surface area (TPSA) is 121 Å². The van der Waals surface area contributed by atoms with Crippen molar-refractivity contribution in [2.45, 2.75) is 11.4 Å². The first-order valence-corrected chi connectivity index (χ1v) is 10.8. The Labute approximate surface area is 172 Å². The Bertz CT molecular complexity index is 1240. The Morgan fingerprint density at radius 2 is 2.00 bits per heavy atom. The summed E-state index contributed by atoms with van der Waals surface area (Å²) in [4.78, 5) is 32.4. The third kappa shape index (κ3) is 3.97. The maximum atomic E-state index is 12.9. The fourth-order valence-corrected chi connectivity index (χ4v) is 4.67. The van der Waals surface area contributed by atoms with Crippen molar-refractivity contribution in [3.8, 4) is 0 Å². The van der Waals surface area contributed by atoms with Gasteiger partial charge in [0.15, 0.2) is 0 Å². The maximum absolute atomic E-state index is 12.9. The van der Waals surface area contributed by atoms with Gasteiger partial charge in [0.1, 0.15) is 5.56 Å². The number of sulfonamides is 1. The van der Waals surface area contributed by atoms with Gasteiger partial charge >= 0.3 is 0 Å². The molecule has 3 heterocycles. The van der Waals surface area contributed by atoms with Gasteiger partial charge in [-0.3, -0.25) is 14.6 Å². The van der Waals surface area contributed by atoms with E-state index in [2.05, 4.69) is 15.3 Å². The molecule has 3 aromatic rings. The standard InChI is InChI=1S/C20H20N4O5S/c25-19-16-11-15(30(27,28)24-7-9-29-10-8-24)4-5-18(16)22-13-17(19)20(26)23-12-14-3-1-2-6-21-14/h1-6,11,13H,7-10,12H2,(H,22,25)(H,23,26). The zero-order valence-electron chi connectivity index (χ0n) is 16.0. The summed E-state index contributed by atoms with van der Waals surface area (Å²) in [6.07, 6.45) is 2.94. The second kappa shape index (κ2) is 8.34. The highest BCUT2D eigenvalue weighted by atomic mass is 32.2. The van der Waals surface area contributed by atoms with Crippen molar-refractivity contribution < 1.29 is 17.9 Å². The van der Waals surface area contributed by atoms with E-state index in [1.54, 1.807) is 24.4 Å². The molecule has 0 aliphatic carbocycles. The van der Waals surface area contributed by atoms with Crippen molar-refractivity contribution in [1.29, 1.82) is 0 Å². The number of hydrogen-bond acceptors (Lipinski definition) is 6. The number of aromatic nitrogens is 2. The highest BCUT2D eigenvalue weighted by molar-refractivity contribution is 7.89. The lowest BCUT2D eigenvalue weighted by Gasteiger charge is -2.26. The zero-order chi connectivity index (χ0) is 21.1. The summed E-state index contributed by atoms with van der Waals surface area (Å²) in [6.45, 7) is 1.34. The molecule has 0 bridgehead atoms. The molecule has 1 amide bonds. The predicted octanol–water partition coefficient (Wildman–Crippen LogP) is 0.874. The van der Waals surface area contributed by atoms with Gasteiger partial charge in [0.2, 0.25) is 15.5 Å². The number of ether oxygens (including phenoxy) is 1. The lowest BCUT2D eigenvalue weighted by atomic mass is 10.1. The summed E-state index contributed by atoms with van der Waals surface area (Å²) in [5.41, 5.74) is 0.463. The Hall–Kier alpha value is -3.08. The number of pyridine rings is 2. The normalized spacial score (nSPS) is 15.2. The predicted molar refractivity (Wildman–Crippen MR) is 110 cm³/mol. The summed E-state index contributed by atoms with van der Waals surface area (Å²) in [5, 5.41) is 2.79. The van der Waals surface area contributed by atoms with Crippen LogP contribution in [0.1, 0.15) is 16.1 Å². The van der Waals surface area contributed by atoms with Crippen LogP contribution in [0.4, 0.5) is 0 Å². The van der Waals surface area contributed by atoms with E-state index in [1.807, 2.05) is 0 Å². The first-order chi connectivity index (χ1) is 14.5. The van der Waals surface area contributed by atoms with Crippen LogP contribution in [-0.2, 0) is 21.3 Å². The molecule has 0 spiro atoms. The lowest BCUT2D eigenvalue weighted by molar-refractivity contribution is 0.0730. The molecule has 0 radical (unpaired) electrons. The highest BCUT2D eigenvalue weighted by Crippen LogP contribution is 2.20. The van der Waals surface area contributed by atoms with Crippen molar-refractivity contribution >= 4 is 26.8 Å². The SMILES string of the molecule is O=C(NCc1ccccn1)c1c[nH]c2ccc(S(=O)(=O)N3CCOCC3)cc2c1=O. The number of carbonyl (C=O) groups excluding carboxylic acids is 1. The maximum Gasteiger partial charge on any atom is 0.257 e. The Kier molecular flexibility index (Phi) is 5.62. The number of nitrogens with zero attached hydrogens (tertiary/aromatic N) is 2. The van der Waals surface area contributed by atoms with Gasteiger partial charge in [0.25, 0.3) is 5.91 Å². The van der Waals surface area contributed by atoms with Crippen molar-refractivity contribution in [3.05, 3.63) is 70.3 Å². The van der Waals surface area contributed by atoms with Crippen molar-refractivity contribution in [3.63, 3.8) is 0 Å². The number of H-pyrrole nitrogens is 1. The average molecular weight is 428 g/mol. The summed E-state index contributed by atoms with van der Waals surface area (Å²) >= 11 is 0. The minimum absolute atomic E-state index is 0.00782. The van der Waals surface area contributed by atoms with Gasteiger partial charge in [-0.15, -0.1) is 0 Å². The third-order valence-electron chi connectivity index (χ3n) is 4.86. The molecule has 2 aromatic heterocycles. The molecule has 4 rings (SSSR count). The monoisotopic (exact) mass is 428 g/mol. The Morgan fingerprint density at radius 1 is 1.20 bits per heavy atom. The molecular weight excluding hydrogens is 408 g/mol. The molecule has 1 aliphatic rings. The van der Waals surface area contributed by atoms with Crippen LogP contribution in [0, 0.1) is 0 Å². The molecule has 0 atom stereocenters. The van der Waals surface area contributed by atoms with Crippen LogP contribution >= 0.6 is 0 Å². The minimum Gasteiger partial charge on any atom is -0.379 e. The number of nitrogens with one attached hydrogen (secondary N) is 2. The molecule has 30 heavy (non-hydrogen) atoms. The van der Waals surface area contributed by atoms with Crippen LogP contribution in [0.15, 0.2) is 58.5 Å². The van der Waals surface area contributed by atoms with Crippen molar-refractivity contribution in [2.75, 3.05) is 26.3 Å². The van der Waals surface area contributed by atoms with E-state index >= 15 is 0 Å². The molecule has 9 nitrogen and oxygen atoms in total. The number of benzene rings is 1. The minimum atomic E-state index is -3.76. The molecule has 0 unspecified atom stereocenters. The van der Waals surface area contributed by atoms with E-state index in [0.717, 1.165) is 0 Å². The van der Waals surface area contributed by atoms with E-state index in [-0.39, 0.29) is 35.5 Å². The number of hydrogen-bond donors (Lipinski definition) is 2. The smallest absolute Gasteiger partial charge is 0.257 e. The first-order valence-electron chi connectivity index (χ1n) is 9.38. The fourth-order valence-electron chi connectivity index (χ4n) is 3.23. The van der Waals surface area contributed by atoms with Gasteiger partial charge in [-0.25, -0.2) is 8.42 Å². The first kappa shape index (κ1) is 20.2. The second-order valence-corrected chi connectivity index (χ2v) is 8.70. The van der Waals surface area contributed by atoms with Crippen LogP contribution in [0.25, 0.3) is 10.9 Å². The number of rotatable bonds is 5.